The van der Waals surface area contributed by atoms with Crippen LogP contribution in [0.4, 0.5) is 5.82 Å². The van der Waals surface area contributed by atoms with Crippen molar-refractivity contribution in [2.75, 3.05) is 37.6 Å². The zero-order valence-corrected chi connectivity index (χ0v) is 13.1. The van der Waals surface area contributed by atoms with Gasteiger partial charge in [0.2, 0.25) is 11.8 Å². The molecule has 2 heterocycles. The van der Waals surface area contributed by atoms with Crippen LogP contribution in [0.15, 0.2) is 24.4 Å². The van der Waals surface area contributed by atoms with Crippen molar-refractivity contribution < 1.29 is 9.59 Å². The van der Waals surface area contributed by atoms with Gasteiger partial charge in [-0.15, -0.1) is 0 Å². The van der Waals surface area contributed by atoms with E-state index >= 15 is 0 Å². The van der Waals surface area contributed by atoms with Crippen LogP contribution in [-0.4, -0.2) is 54.4 Å². The quantitative estimate of drug-likeness (QED) is 0.853. The molecule has 6 nitrogen and oxygen atoms in total. The van der Waals surface area contributed by atoms with Gasteiger partial charge in [0.1, 0.15) is 5.82 Å². The average Bonchev–Trinajstić information content (AvgIpc) is 2.58. The summed E-state index contributed by atoms with van der Waals surface area (Å²) in [5.41, 5.74) is 0. The fourth-order valence-corrected chi connectivity index (χ4v) is 2.44. The number of aromatic nitrogens is 1. The topological polar surface area (TPSA) is 65.5 Å². The smallest absolute Gasteiger partial charge is 0.242 e. The average molecular weight is 304 g/mol. The van der Waals surface area contributed by atoms with Crippen LogP contribution in [0.25, 0.3) is 0 Å². The molecule has 0 unspecified atom stereocenters. The Morgan fingerprint density at radius 2 is 2.00 bits per heavy atom. The number of anilines is 1. The molecule has 1 aliphatic heterocycles. The number of piperazine rings is 1. The van der Waals surface area contributed by atoms with E-state index in [2.05, 4.69) is 15.2 Å². The van der Waals surface area contributed by atoms with Gasteiger partial charge in [0.05, 0.1) is 6.54 Å². The summed E-state index contributed by atoms with van der Waals surface area (Å²) in [4.78, 5) is 31.9. The van der Waals surface area contributed by atoms with Crippen molar-refractivity contribution in [3.05, 3.63) is 24.4 Å². The minimum absolute atomic E-state index is 0.00878. The Morgan fingerprint density at radius 1 is 1.23 bits per heavy atom. The van der Waals surface area contributed by atoms with Crippen LogP contribution in [0.1, 0.15) is 26.2 Å². The summed E-state index contributed by atoms with van der Waals surface area (Å²) >= 11 is 0. The Bertz CT molecular complexity index is 484. The molecule has 6 heteroatoms. The number of nitrogens with one attached hydrogen (secondary N) is 1. The number of hydrogen-bond acceptors (Lipinski definition) is 4. The SMILES string of the molecule is CCCCC(=O)NCC(=O)N1CCN(c2ccccn2)CC1. The molecule has 0 spiro atoms. The summed E-state index contributed by atoms with van der Waals surface area (Å²) in [5.74, 6) is 0.898. The predicted octanol–water partition coefficient (Wildman–Crippen LogP) is 1.04. The molecule has 2 amide bonds. The molecule has 0 atom stereocenters. The number of pyridine rings is 1. The molecule has 120 valence electrons. The van der Waals surface area contributed by atoms with Crippen LogP contribution in [-0.2, 0) is 9.59 Å². The third-order valence-electron chi connectivity index (χ3n) is 3.80. The van der Waals surface area contributed by atoms with E-state index in [-0.39, 0.29) is 18.4 Å². The normalized spacial score (nSPS) is 14.8. The number of rotatable bonds is 6. The molecular weight excluding hydrogens is 280 g/mol. The van der Waals surface area contributed by atoms with Crippen molar-refractivity contribution in [2.45, 2.75) is 26.2 Å². The lowest BCUT2D eigenvalue weighted by atomic mass is 10.2. The van der Waals surface area contributed by atoms with Gasteiger partial charge in [-0.25, -0.2) is 4.98 Å². The van der Waals surface area contributed by atoms with E-state index in [4.69, 9.17) is 0 Å². The standard InChI is InChI=1S/C16H24N4O2/c1-2-3-7-15(21)18-13-16(22)20-11-9-19(10-12-20)14-6-4-5-8-17-14/h4-6,8H,2-3,7,9-13H2,1H3,(H,18,21). The zero-order valence-electron chi connectivity index (χ0n) is 13.1. The summed E-state index contributed by atoms with van der Waals surface area (Å²) < 4.78 is 0. The van der Waals surface area contributed by atoms with E-state index in [1.54, 1.807) is 11.1 Å². The van der Waals surface area contributed by atoms with Crippen LogP contribution in [0.5, 0.6) is 0 Å². The Kier molecular flexibility index (Phi) is 6.18. The Morgan fingerprint density at radius 3 is 2.64 bits per heavy atom. The molecule has 0 aromatic carbocycles. The van der Waals surface area contributed by atoms with Gasteiger partial charge in [-0.2, -0.15) is 0 Å². The van der Waals surface area contributed by atoms with Crippen LogP contribution >= 0.6 is 0 Å². The number of amides is 2. The summed E-state index contributed by atoms with van der Waals surface area (Å²) in [6.07, 6.45) is 4.12. The first-order valence-electron chi connectivity index (χ1n) is 7.91. The highest BCUT2D eigenvalue weighted by atomic mass is 16.2. The number of hydrogen-bond donors (Lipinski definition) is 1. The van der Waals surface area contributed by atoms with Gasteiger partial charge >= 0.3 is 0 Å². The van der Waals surface area contributed by atoms with Crippen molar-refractivity contribution in [3.63, 3.8) is 0 Å². The molecule has 0 bridgehead atoms. The molecule has 0 radical (unpaired) electrons. The van der Waals surface area contributed by atoms with Crippen LogP contribution in [0, 0.1) is 0 Å². The second kappa shape index (κ2) is 8.36. The van der Waals surface area contributed by atoms with E-state index in [1.165, 1.54) is 0 Å². The molecule has 22 heavy (non-hydrogen) atoms. The van der Waals surface area contributed by atoms with Crippen molar-refractivity contribution in [1.82, 2.24) is 15.2 Å². The van der Waals surface area contributed by atoms with Gasteiger partial charge in [-0.3, -0.25) is 9.59 Å². The highest BCUT2D eigenvalue weighted by molar-refractivity contribution is 5.84. The monoisotopic (exact) mass is 304 g/mol. The number of unbranched alkanes of at least 4 members (excludes halogenated alkanes) is 1. The largest absolute Gasteiger partial charge is 0.353 e. The summed E-state index contributed by atoms with van der Waals surface area (Å²) in [7, 11) is 0. The van der Waals surface area contributed by atoms with Gasteiger partial charge < -0.3 is 15.1 Å². The van der Waals surface area contributed by atoms with Crippen molar-refractivity contribution in [2.24, 2.45) is 0 Å². The highest BCUT2D eigenvalue weighted by Gasteiger charge is 2.21. The lowest BCUT2D eigenvalue weighted by molar-refractivity contribution is -0.133. The van der Waals surface area contributed by atoms with E-state index < -0.39 is 0 Å². The van der Waals surface area contributed by atoms with Gasteiger partial charge in [-0.05, 0) is 18.6 Å². The Hall–Kier alpha value is -2.11. The van der Waals surface area contributed by atoms with Crippen LogP contribution < -0.4 is 10.2 Å². The van der Waals surface area contributed by atoms with Crippen molar-refractivity contribution >= 4 is 17.6 Å². The molecule has 1 saturated heterocycles. The molecule has 1 aromatic heterocycles. The minimum atomic E-state index is -0.0395. The van der Waals surface area contributed by atoms with Crippen LogP contribution in [0.3, 0.4) is 0 Å². The third kappa shape index (κ3) is 4.72. The van der Waals surface area contributed by atoms with E-state index in [0.29, 0.717) is 19.5 Å². The summed E-state index contributed by atoms with van der Waals surface area (Å²) in [6, 6.07) is 5.83. The molecule has 2 rings (SSSR count). The lowest BCUT2D eigenvalue weighted by Crippen LogP contribution is -2.51. The Labute approximate surface area is 131 Å². The molecule has 0 saturated carbocycles. The molecule has 1 aromatic rings. The maximum absolute atomic E-state index is 12.1. The molecule has 1 N–H and O–H groups in total. The van der Waals surface area contributed by atoms with Gasteiger partial charge in [0.25, 0.3) is 0 Å². The number of carbonyl (C=O) groups is 2. The van der Waals surface area contributed by atoms with E-state index in [9.17, 15) is 9.59 Å². The molecular formula is C16H24N4O2. The third-order valence-corrected chi connectivity index (χ3v) is 3.80. The first-order chi connectivity index (χ1) is 10.7. The highest BCUT2D eigenvalue weighted by Crippen LogP contribution is 2.12. The van der Waals surface area contributed by atoms with Crippen molar-refractivity contribution in [1.29, 1.82) is 0 Å². The predicted molar refractivity (Wildman–Crippen MR) is 85.6 cm³/mol. The van der Waals surface area contributed by atoms with Crippen molar-refractivity contribution in [3.8, 4) is 0 Å². The fraction of sp³-hybridized carbons (Fsp3) is 0.562. The zero-order chi connectivity index (χ0) is 15.8. The first kappa shape index (κ1) is 16.3. The van der Waals surface area contributed by atoms with Gasteiger partial charge in [-0.1, -0.05) is 19.4 Å². The van der Waals surface area contributed by atoms with E-state index in [1.807, 2.05) is 25.1 Å². The minimum Gasteiger partial charge on any atom is -0.353 e. The van der Waals surface area contributed by atoms with Crippen LogP contribution in [0.2, 0.25) is 0 Å². The maximum atomic E-state index is 12.1. The van der Waals surface area contributed by atoms with E-state index in [0.717, 1.165) is 31.7 Å². The van der Waals surface area contributed by atoms with Gasteiger partial charge in [0.15, 0.2) is 0 Å². The summed E-state index contributed by atoms with van der Waals surface area (Å²) in [5, 5.41) is 2.70. The van der Waals surface area contributed by atoms with Gasteiger partial charge in [0, 0.05) is 38.8 Å². The second-order valence-electron chi connectivity index (χ2n) is 5.44. The summed E-state index contributed by atoms with van der Waals surface area (Å²) in [6.45, 7) is 5.02. The number of carbonyl (C=O) groups excluding carboxylic acids is 2. The fourth-order valence-electron chi connectivity index (χ4n) is 2.44. The Balaban J connectivity index is 1.72. The lowest BCUT2D eigenvalue weighted by Gasteiger charge is -2.35. The first-order valence-corrected chi connectivity index (χ1v) is 7.91. The number of nitrogens with zero attached hydrogens (tertiary/aromatic N) is 3. The molecule has 0 aliphatic carbocycles. The second-order valence-corrected chi connectivity index (χ2v) is 5.44. The maximum Gasteiger partial charge on any atom is 0.242 e. The molecule has 1 aliphatic rings. The molecule has 1 fully saturated rings.